The van der Waals surface area contributed by atoms with Crippen molar-refractivity contribution in [2.75, 3.05) is 14.2 Å². The molecule has 2 aromatic carbocycles. The highest BCUT2D eigenvalue weighted by molar-refractivity contribution is 6.07. The van der Waals surface area contributed by atoms with Crippen molar-refractivity contribution in [3.05, 3.63) is 69.6 Å². The average molecular weight is 392 g/mol. The number of carbonyl (C=O) groups excluding carboxylic acids is 1. The van der Waals surface area contributed by atoms with E-state index in [4.69, 9.17) is 9.47 Å². The van der Waals surface area contributed by atoms with Crippen molar-refractivity contribution in [1.82, 2.24) is 9.88 Å². The zero-order chi connectivity index (χ0) is 20.5. The van der Waals surface area contributed by atoms with E-state index in [1.54, 1.807) is 22.9 Å². The molecule has 0 saturated carbocycles. The average Bonchev–Trinajstić information content (AvgIpc) is 3.16. The van der Waals surface area contributed by atoms with Gasteiger partial charge in [0.1, 0.15) is 0 Å². The smallest absolute Gasteiger partial charge is 0.258 e. The molecule has 0 radical (unpaired) electrons. The summed E-state index contributed by atoms with van der Waals surface area (Å²) in [5.41, 5.74) is 2.72. The van der Waals surface area contributed by atoms with Gasteiger partial charge in [0, 0.05) is 18.1 Å². The molecular formula is C23H24N2O4. The Balaban J connectivity index is 1.81. The van der Waals surface area contributed by atoms with Crippen LogP contribution in [0.4, 0.5) is 0 Å². The number of fused-ring (bicyclic) bond motifs is 2. The van der Waals surface area contributed by atoms with E-state index >= 15 is 0 Å². The summed E-state index contributed by atoms with van der Waals surface area (Å²) in [7, 11) is 3.06. The van der Waals surface area contributed by atoms with Gasteiger partial charge in [-0.3, -0.25) is 9.59 Å². The van der Waals surface area contributed by atoms with Crippen LogP contribution in [-0.4, -0.2) is 24.7 Å². The first-order valence-corrected chi connectivity index (χ1v) is 9.75. The maximum Gasteiger partial charge on any atom is 0.258 e. The van der Waals surface area contributed by atoms with Crippen LogP contribution in [0.1, 0.15) is 40.9 Å². The lowest BCUT2D eigenvalue weighted by molar-refractivity contribution is 0.0937. The van der Waals surface area contributed by atoms with Gasteiger partial charge < -0.3 is 19.4 Å². The number of nitrogens with one attached hydrogen (secondary N) is 1. The number of methoxy groups -OCH3 is 2. The van der Waals surface area contributed by atoms with Crippen LogP contribution < -0.4 is 20.3 Å². The van der Waals surface area contributed by atoms with Gasteiger partial charge in [-0.05, 0) is 43.0 Å². The number of hydrogen-bond acceptors (Lipinski definition) is 4. The molecule has 0 saturated heterocycles. The van der Waals surface area contributed by atoms with Crippen molar-refractivity contribution in [2.45, 2.75) is 32.4 Å². The van der Waals surface area contributed by atoms with Gasteiger partial charge in [-0.15, -0.1) is 0 Å². The van der Waals surface area contributed by atoms with Crippen molar-refractivity contribution in [1.29, 1.82) is 0 Å². The second kappa shape index (κ2) is 7.62. The zero-order valence-corrected chi connectivity index (χ0v) is 16.8. The Morgan fingerprint density at radius 1 is 1.14 bits per heavy atom. The molecule has 0 fully saturated rings. The summed E-state index contributed by atoms with van der Waals surface area (Å²) in [6.07, 6.45) is 3.45. The monoisotopic (exact) mass is 392 g/mol. The summed E-state index contributed by atoms with van der Waals surface area (Å²) in [6, 6.07) is 11.5. The summed E-state index contributed by atoms with van der Waals surface area (Å²) >= 11 is 0. The van der Waals surface area contributed by atoms with Crippen LogP contribution in [0.3, 0.4) is 0 Å². The molecule has 4 rings (SSSR count). The standard InChI is InChI=1S/C23H24N2O4/c1-4-25-13-18(16-11-20(28-2)21(29-3)12-17(16)23(25)27)22(26)24-19-10-9-14-7-5-6-8-15(14)19/h5-8,11-13,19H,4,9-10H2,1-3H3,(H,24,26)/t19-/m1/s1. The fraction of sp³-hybridized carbons (Fsp3) is 0.304. The molecule has 0 spiro atoms. The first kappa shape index (κ1) is 19.1. The molecule has 29 heavy (non-hydrogen) atoms. The number of aromatic nitrogens is 1. The molecule has 1 heterocycles. The number of amides is 1. The minimum atomic E-state index is -0.203. The first-order valence-electron chi connectivity index (χ1n) is 9.75. The fourth-order valence-corrected chi connectivity index (χ4v) is 4.08. The number of nitrogens with zero attached hydrogens (tertiary/aromatic N) is 1. The SMILES string of the molecule is CCn1cc(C(=O)N[C@@H]2CCc3ccccc32)c2cc(OC)c(OC)cc2c1=O. The third kappa shape index (κ3) is 3.24. The molecule has 1 aliphatic carbocycles. The Kier molecular flexibility index (Phi) is 5.01. The van der Waals surface area contributed by atoms with Crippen LogP contribution in [0.15, 0.2) is 47.4 Å². The summed E-state index contributed by atoms with van der Waals surface area (Å²) in [5, 5.41) is 4.14. The van der Waals surface area contributed by atoms with Gasteiger partial charge in [-0.25, -0.2) is 0 Å². The third-order valence-corrected chi connectivity index (χ3v) is 5.61. The molecule has 1 amide bonds. The Morgan fingerprint density at radius 3 is 2.52 bits per heavy atom. The number of rotatable bonds is 5. The van der Waals surface area contributed by atoms with Crippen LogP contribution in [-0.2, 0) is 13.0 Å². The highest BCUT2D eigenvalue weighted by atomic mass is 16.5. The van der Waals surface area contributed by atoms with Crippen LogP contribution >= 0.6 is 0 Å². The number of benzene rings is 2. The summed E-state index contributed by atoms with van der Waals surface area (Å²) < 4.78 is 12.3. The number of carbonyl (C=O) groups is 1. The molecular weight excluding hydrogens is 368 g/mol. The minimum Gasteiger partial charge on any atom is -0.493 e. The predicted molar refractivity (Wildman–Crippen MR) is 112 cm³/mol. The molecule has 1 aliphatic rings. The van der Waals surface area contributed by atoms with Crippen LogP contribution in [0.5, 0.6) is 11.5 Å². The first-order chi connectivity index (χ1) is 14.1. The van der Waals surface area contributed by atoms with Gasteiger partial charge in [0.05, 0.1) is 31.2 Å². The molecule has 0 unspecified atom stereocenters. The fourth-order valence-electron chi connectivity index (χ4n) is 4.08. The second-order valence-electron chi connectivity index (χ2n) is 7.15. The zero-order valence-electron chi connectivity index (χ0n) is 16.8. The topological polar surface area (TPSA) is 69.6 Å². The van der Waals surface area contributed by atoms with E-state index in [0.29, 0.717) is 34.4 Å². The van der Waals surface area contributed by atoms with Gasteiger partial charge in [0.2, 0.25) is 0 Å². The molecule has 0 aliphatic heterocycles. The van der Waals surface area contributed by atoms with E-state index in [2.05, 4.69) is 17.4 Å². The van der Waals surface area contributed by atoms with Crippen LogP contribution in [0.25, 0.3) is 10.8 Å². The molecule has 0 bridgehead atoms. The van der Waals surface area contributed by atoms with Crippen molar-refractivity contribution in [3.8, 4) is 11.5 Å². The van der Waals surface area contributed by atoms with Gasteiger partial charge in [-0.2, -0.15) is 0 Å². The Bertz CT molecular complexity index is 1150. The predicted octanol–water partition coefficient (Wildman–Crippen LogP) is 3.46. The van der Waals surface area contributed by atoms with Gasteiger partial charge in [0.15, 0.2) is 11.5 Å². The van der Waals surface area contributed by atoms with E-state index in [1.807, 2.05) is 19.1 Å². The maximum absolute atomic E-state index is 13.3. The van der Waals surface area contributed by atoms with E-state index in [9.17, 15) is 9.59 Å². The largest absolute Gasteiger partial charge is 0.493 e. The highest BCUT2D eigenvalue weighted by Crippen LogP contribution is 2.34. The normalized spacial score (nSPS) is 15.2. The van der Waals surface area contributed by atoms with E-state index in [1.165, 1.54) is 19.8 Å². The molecule has 6 nitrogen and oxygen atoms in total. The molecule has 1 aromatic heterocycles. The van der Waals surface area contributed by atoms with Crippen molar-refractivity contribution in [2.24, 2.45) is 0 Å². The van der Waals surface area contributed by atoms with Crippen molar-refractivity contribution in [3.63, 3.8) is 0 Å². The number of aryl methyl sites for hydroxylation is 2. The quantitative estimate of drug-likeness (QED) is 0.722. The van der Waals surface area contributed by atoms with Gasteiger partial charge in [-0.1, -0.05) is 24.3 Å². The minimum absolute atomic E-state index is 0.0316. The Hall–Kier alpha value is -3.28. The molecule has 150 valence electrons. The summed E-state index contributed by atoms with van der Waals surface area (Å²) in [5.74, 6) is 0.738. The van der Waals surface area contributed by atoms with Gasteiger partial charge >= 0.3 is 0 Å². The summed E-state index contributed by atoms with van der Waals surface area (Å²) in [6.45, 7) is 2.35. The molecule has 6 heteroatoms. The van der Waals surface area contributed by atoms with E-state index < -0.39 is 0 Å². The Morgan fingerprint density at radius 2 is 1.83 bits per heavy atom. The lowest BCUT2D eigenvalue weighted by Crippen LogP contribution is -2.30. The summed E-state index contributed by atoms with van der Waals surface area (Å²) in [4.78, 5) is 26.1. The molecule has 3 aromatic rings. The molecule has 1 N–H and O–H groups in total. The second-order valence-corrected chi connectivity index (χ2v) is 7.15. The lowest BCUT2D eigenvalue weighted by atomic mass is 10.0. The van der Waals surface area contributed by atoms with Gasteiger partial charge in [0.25, 0.3) is 11.5 Å². The molecule has 1 atom stereocenters. The number of ether oxygens (including phenoxy) is 2. The maximum atomic E-state index is 13.3. The lowest BCUT2D eigenvalue weighted by Gasteiger charge is -2.17. The third-order valence-electron chi connectivity index (χ3n) is 5.61. The highest BCUT2D eigenvalue weighted by Gasteiger charge is 2.25. The Labute approximate surface area is 169 Å². The van der Waals surface area contributed by atoms with Crippen LogP contribution in [0, 0.1) is 0 Å². The van der Waals surface area contributed by atoms with E-state index in [-0.39, 0.29) is 17.5 Å². The van der Waals surface area contributed by atoms with Crippen LogP contribution in [0.2, 0.25) is 0 Å². The van der Waals surface area contributed by atoms with E-state index in [0.717, 1.165) is 18.4 Å². The van der Waals surface area contributed by atoms with Crippen molar-refractivity contribution >= 4 is 16.7 Å². The number of pyridine rings is 1. The number of hydrogen-bond donors (Lipinski definition) is 1. The van der Waals surface area contributed by atoms with Crippen molar-refractivity contribution < 1.29 is 14.3 Å².